The van der Waals surface area contributed by atoms with Crippen molar-refractivity contribution >= 4 is 0 Å². The summed E-state index contributed by atoms with van der Waals surface area (Å²) < 4.78 is 0. The largest absolute Gasteiger partial charge is 0.314 e. The molecule has 1 nitrogen and oxygen atoms in total. The monoisotopic (exact) mass is 223 g/mol. The third-order valence-corrected chi connectivity index (χ3v) is 3.77. The molecular weight excluding hydrogens is 194 g/mol. The van der Waals surface area contributed by atoms with Gasteiger partial charge in [0.15, 0.2) is 0 Å². The van der Waals surface area contributed by atoms with Crippen molar-refractivity contribution in [2.45, 2.75) is 64.8 Å². The van der Waals surface area contributed by atoms with Crippen LogP contribution in [0.3, 0.4) is 0 Å². The van der Waals surface area contributed by atoms with Gasteiger partial charge in [0.1, 0.15) is 0 Å². The van der Waals surface area contributed by atoms with Crippen LogP contribution in [0.15, 0.2) is 12.7 Å². The molecule has 3 unspecified atom stereocenters. The van der Waals surface area contributed by atoms with Crippen molar-refractivity contribution in [1.29, 1.82) is 0 Å². The lowest BCUT2D eigenvalue weighted by atomic mass is 10.0. The molecule has 1 saturated carbocycles. The molecular formula is C15H29N. The maximum absolute atomic E-state index is 3.77. The van der Waals surface area contributed by atoms with E-state index < -0.39 is 0 Å². The lowest BCUT2D eigenvalue weighted by molar-refractivity contribution is 0.404. The molecule has 0 aliphatic heterocycles. The fourth-order valence-corrected chi connectivity index (χ4v) is 2.54. The topological polar surface area (TPSA) is 12.0 Å². The molecule has 1 fully saturated rings. The van der Waals surface area contributed by atoms with Crippen molar-refractivity contribution in [2.24, 2.45) is 11.8 Å². The first-order valence-electron chi connectivity index (χ1n) is 7.13. The second-order valence-corrected chi connectivity index (χ2v) is 5.36. The van der Waals surface area contributed by atoms with E-state index in [2.05, 4.69) is 25.7 Å². The Kier molecular flexibility index (Phi) is 6.79. The van der Waals surface area contributed by atoms with E-state index in [9.17, 15) is 0 Å². The summed E-state index contributed by atoms with van der Waals surface area (Å²) in [5.74, 6) is 1.95. The number of nitrogens with one attached hydrogen (secondary N) is 1. The highest BCUT2D eigenvalue weighted by Gasteiger charge is 2.38. The molecule has 0 radical (unpaired) electrons. The number of rotatable bonds is 10. The zero-order chi connectivity index (χ0) is 11.8. The van der Waals surface area contributed by atoms with E-state index in [1.807, 2.05) is 6.08 Å². The summed E-state index contributed by atoms with van der Waals surface area (Å²) in [5.41, 5.74) is 0. The van der Waals surface area contributed by atoms with Crippen LogP contribution in [-0.2, 0) is 0 Å². The van der Waals surface area contributed by atoms with Crippen LogP contribution >= 0.6 is 0 Å². The van der Waals surface area contributed by atoms with E-state index in [1.54, 1.807) is 0 Å². The molecule has 0 heterocycles. The van der Waals surface area contributed by atoms with Crippen molar-refractivity contribution in [3.8, 4) is 0 Å². The van der Waals surface area contributed by atoms with Gasteiger partial charge in [-0.25, -0.2) is 0 Å². The van der Waals surface area contributed by atoms with Crippen LogP contribution in [-0.4, -0.2) is 12.6 Å². The zero-order valence-electron chi connectivity index (χ0n) is 11.2. The molecule has 0 aromatic carbocycles. The van der Waals surface area contributed by atoms with E-state index in [-0.39, 0.29) is 0 Å². The minimum absolute atomic E-state index is 0.804. The van der Waals surface area contributed by atoms with Gasteiger partial charge >= 0.3 is 0 Å². The Morgan fingerprint density at radius 3 is 2.69 bits per heavy atom. The average molecular weight is 223 g/mol. The molecule has 1 N–H and O–H groups in total. The first-order chi connectivity index (χ1) is 7.79. The highest BCUT2D eigenvalue weighted by Crippen LogP contribution is 2.42. The first kappa shape index (κ1) is 13.8. The number of unbranched alkanes of at least 4 members (excludes halogenated alkanes) is 3. The van der Waals surface area contributed by atoms with E-state index >= 15 is 0 Å². The van der Waals surface area contributed by atoms with Gasteiger partial charge in [-0.3, -0.25) is 0 Å². The van der Waals surface area contributed by atoms with Gasteiger partial charge in [-0.05, 0) is 50.5 Å². The van der Waals surface area contributed by atoms with E-state index in [4.69, 9.17) is 0 Å². The van der Waals surface area contributed by atoms with Gasteiger partial charge in [-0.15, -0.1) is 6.58 Å². The Morgan fingerprint density at radius 2 is 2.12 bits per heavy atom. The predicted octanol–water partition coefficient (Wildman–Crippen LogP) is 4.15. The average Bonchev–Trinajstić information content (AvgIpc) is 2.99. The second kappa shape index (κ2) is 7.89. The predicted molar refractivity (Wildman–Crippen MR) is 72.6 cm³/mol. The van der Waals surface area contributed by atoms with Crippen LogP contribution in [0.5, 0.6) is 0 Å². The van der Waals surface area contributed by atoms with E-state index in [0.29, 0.717) is 0 Å². The summed E-state index contributed by atoms with van der Waals surface area (Å²) in [7, 11) is 0. The molecule has 1 heteroatoms. The minimum Gasteiger partial charge on any atom is -0.314 e. The number of hydrogen-bond acceptors (Lipinski definition) is 1. The van der Waals surface area contributed by atoms with Gasteiger partial charge in [-0.1, -0.05) is 32.8 Å². The van der Waals surface area contributed by atoms with E-state index in [1.165, 1.54) is 51.5 Å². The van der Waals surface area contributed by atoms with Gasteiger partial charge in [0.2, 0.25) is 0 Å². The van der Waals surface area contributed by atoms with E-state index in [0.717, 1.165) is 17.9 Å². The van der Waals surface area contributed by atoms with Gasteiger partial charge in [0.05, 0.1) is 0 Å². The number of hydrogen-bond donors (Lipinski definition) is 1. The molecule has 1 rings (SSSR count). The molecule has 0 amide bonds. The molecule has 94 valence electrons. The van der Waals surface area contributed by atoms with Gasteiger partial charge < -0.3 is 5.32 Å². The third-order valence-electron chi connectivity index (χ3n) is 3.77. The van der Waals surface area contributed by atoms with Crippen LogP contribution in [0, 0.1) is 11.8 Å². The normalized spacial score (nSPS) is 25.4. The van der Waals surface area contributed by atoms with Crippen LogP contribution in [0.1, 0.15) is 58.8 Å². The Labute approximate surface area is 102 Å². The molecule has 1 aliphatic carbocycles. The van der Waals surface area contributed by atoms with Crippen molar-refractivity contribution in [3.05, 3.63) is 12.7 Å². The van der Waals surface area contributed by atoms with Crippen LogP contribution in [0.25, 0.3) is 0 Å². The fraction of sp³-hybridized carbons (Fsp3) is 0.867. The summed E-state index contributed by atoms with van der Waals surface area (Å²) in [4.78, 5) is 0. The highest BCUT2D eigenvalue weighted by atomic mass is 14.9. The van der Waals surface area contributed by atoms with Crippen LogP contribution < -0.4 is 5.32 Å². The van der Waals surface area contributed by atoms with Crippen LogP contribution in [0.4, 0.5) is 0 Å². The second-order valence-electron chi connectivity index (χ2n) is 5.36. The van der Waals surface area contributed by atoms with Gasteiger partial charge in [-0.2, -0.15) is 0 Å². The smallest absolute Gasteiger partial charge is 0.00979 e. The first-order valence-corrected chi connectivity index (χ1v) is 7.13. The Morgan fingerprint density at radius 1 is 1.38 bits per heavy atom. The van der Waals surface area contributed by atoms with Crippen LogP contribution in [0.2, 0.25) is 0 Å². The molecule has 0 bridgehead atoms. The number of allylic oxidation sites excluding steroid dienone is 1. The van der Waals surface area contributed by atoms with Gasteiger partial charge in [0, 0.05) is 6.04 Å². The molecule has 16 heavy (non-hydrogen) atoms. The molecule has 0 spiro atoms. The fourth-order valence-electron chi connectivity index (χ4n) is 2.54. The summed E-state index contributed by atoms with van der Waals surface area (Å²) in [6.45, 7) is 9.61. The quantitative estimate of drug-likeness (QED) is 0.433. The Bertz CT molecular complexity index is 188. The Hall–Kier alpha value is -0.300. The summed E-state index contributed by atoms with van der Waals surface area (Å²) in [5, 5.41) is 3.73. The zero-order valence-corrected chi connectivity index (χ0v) is 11.2. The van der Waals surface area contributed by atoms with Crippen molar-refractivity contribution in [2.75, 3.05) is 6.54 Å². The maximum Gasteiger partial charge on any atom is 0.00979 e. The molecule has 0 saturated heterocycles. The maximum atomic E-state index is 3.77. The van der Waals surface area contributed by atoms with Crippen molar-refractivity contribution in [3.63, 3.8) is 0 Å². The highest BCUT2D eigenvalue weighted by molar-refractivity contribution is 4.92. The summed E-state index contributed by atoms with van der Waals surface area (Å²) in [6, 6.07) is 0.804. The molecule has 3 atom stereocenters. The standard InChI is InChI=1S/C15H29N/c1-4-6-7-8-9-10-15(16-11-5-2)14-12-13(14)3/h4,13-16H,1,5-12H2,2-3H3. The SMILES string of the molecule is C=CCCCCCC(NCCC)C1CC1C. The molecule has 0 aromatic rings. The molecule has 1 aliphatic rings. The lowest BCUT2D eigenvalue weighted by Crippen LogP contribution is -2.32. The Balaban J connectivity index is 2.09. The van der Waals surface area contributed by atoms with Gasteiger partial charge in [0.25, 0.3) is 0 Å². The molecule has 0 aromatic heterocycles. The summed E-state index contributed by atoms with van der Waals surface area (Å²) >= 11 is 0. The summed E-state index contributed by atoms with van der Waals surface area (Å²) in [6.07, 6.45) is 11.4. The lowest BCUT2D eigenvalue weighted by Gasteiger charge is -2.18. The third kappa shape index (κ3) is 5.16. The minimum atomic E-state index is 0.804. The van der Waals surface area contributed by atoms with Crippen molar-refractivity contribution in [1.82, 2.24) is 5.32 Å². The van der Waals surface area contributed by atoms with Crippen molar-refractivity contribution < 1.29 is 0 Å².